The number of hydrogen-bond donors (Lipinski definition) is 1. The second-order valence-electron chi connectivity index (χ2n) is 9.44. The molecule has 2 aromatic heterocycles. The number of amides is 1. The first-order valence-corrected chi connectivity index (χ1v) is 14.0. The molecular weight excluding hydrogens is 528 g/mol. The number of fused-ring (bicyclic) bond motifs is 1. The lowest BCUT2D eigenvalue weighted by Gasteiger charge is -2.15. The monoisotopic (exact) mass is 556 g/mol. The highest BCUT2D eigenvalue weighted by molar-refractivity contribution is 7.92. The van der Waals surface area contributed by atoms with Crippen LogP contribution in [0.1, 0.15) is 42.9 Å². The lowest BCUT2D eigenvalue weighted by atomic mass is 10.1. The molecule has 0 radical (unpaired) electrons. The number of carbonyl (C=O) groups excluding carboxylic acids is 2. The first-order chi connectivity index (χ1) is 17.9. The van der Waals surface area contributed by atoms with Crippen molar-refractivity contribution in [3.8, 4) is 11.1 Å². The van der Waals surface area contributed by atoms with Crippen molar-refractivity contribution in [1.82, 2.24) is 19.7 Å². The van der Waals surface area contributed by atoms with E-state index in [1.54, 1.807) is 61.5 Å². The molecule has 0 fully saturated rings. The molecule has 0 aliphatic carbocycles. The minimum atomic E-state index is -3.84. The second-order valence-corrected chi connectivity index (χ2v) is 11.8. The van der Waals surface area contributed by atoms with Gasteiger partial charge in [-0.05, 0) is 62.2 Å². The molecule has 38 heavy (non-hydrogen) atoms. The minimum absolute atomic E-state index is 0.00762. The molecule has 1 amide bonds. The van der Waals surface area contributed by atoms with Gasteiger partial charge in [-0.15, -0.1) is 0 Å². The maximum absolute atomic E-state index is 13.2. The smallest absolute Gasteiger partial charge is 0.321 e. The molecule has 11 heteroatoms. The van der Waals surface area contributed by atoms with Crippen LogP contribution in [0.5, 0.6) is 0 Å². The number of halogens is 1. The Kier molecular flexibility index (Phi) is 7.66. The highest BCUT2D eigenvalue weighted by Crippen LogP contribution is 2.32. The van der Waals surface area contributed by atoms with Crippen LogP contribution in [0.2, 0.25) is 5.02 Å². The molecule has 2 aromatic carbocycles. The first-order valence-electron chi connectivity index (χ1n) is 12.0. The number of aryl methyl sites for hydroxylation is 2. The molecule has 0 saturated carbocycles. The highest BCUT2D eigenvalue weighted by Gasteiger charge is 2.22. The predicted octanol–water partition coefficient (Wildman–Crippen LogP) is 4.45. The van der Waals surface area contributed by atoms with Gasteiger partial charge in [-0.3, -0.25) is 14.3 Å². The summed E-state index contributed by atoms with van der Waals surface area (Å²) in [6.45, 7) is 5.11. The quantitative estimate of drug-likeness (QED) is 0.321. The van der Waals surface area contributed by atoms with Gasteiger partial charge in [0.15, 0.2) is 15.6 Å². The van der Waals surface area contributed by atoms with Crippen LogP contribution in [-0.4, -0.2) is 46.5 Å². The highest BCUT2D eigenvalue weighted by atomic mass is 35.5. The van der Waals surface area contributed by atoms with E-state index in [1.165, 1.54) is 12.1 Å². The molecule has 0 unspecified atom stereocenters. The van der Waals surface area contributed by atoms with E-state index in [9.17, 15) is 18.0 Å². The second kappa shape index (κ2) is 10.6. The van der Waals surface area contributed by atoms with Crippen molar-refractivity contribution in [2.75, 3.05) is 5.75 Å². The van der Waals surface area contributed by atoms with E-state index >= 15 is 0 Å². The SMILES string of the molecule is CC(C)OC(=O)CS(=O)(=O)c1ccc([C@@H](C)NC(=O)c2cc3c(Cl)cc(-c4cnn(C)c4)cc3n2C)cc1. The Bertz CT molecular complexity index is 1620. The third-order valence-electron chi connectivity index (χ3n) is 6.14. The molecule has 0 spiro atoms. The number of sulfone groups is 1. The first kappa shape index (κ1) is 27.4. The number of esters is 1. The van der Waals surface area contributed by atoms with Crippen molar-refractivity contribution in [1.29, 1.82) is 0 Å². The molecule has 4 rings (SSSR count). The number of nitrogens with one attached hydrogen (secondary N) is 1. The lowest BCUT2D eigenvalue weighted by molar-refractivity contribution is -0.144. The maximum atomic E-state index is 13.2. The largest absolute Gasteiger partial charge is 0.462 e. The number of aromatic nitrogens is 3. The number of rotatable bonds is 8. The van der Waals surface area contributed by atoms with Crippen molar-refractivity contribution in [2.24, 2.45) is 14.1 Å². The third kappa shape index (κ3) is 5.76. The van der Waals surface area contributed by atoms with Crippen LogP contribution < -0.4 is 5.32 Å². The molecule has 0 saturated heterocycles. The Morgan fingerprint density at radius 1 is 1.05 bits per heavy atom. The average molecular weight is 557 g/mol. The zero-order valence-corrected chi connectivity index (χ0v) is 23.3. The summed E-state index contributed by atoms with van der Waals surface area (Å²) in [5.74, 6) is -1.83. The van der Waals surface area contributed by atoms with Gasteiger partial charge >= 0.3 is 5.97 Å². The summed E-state index contributed by atoms with van der Waals surface area (Å²) in [4.78, 5) is 25.0. The van der Waals surface area contributed by atoms with Crippen LogP contribution in [0.25, 0.3) is 22.0 Å². The summed E-state index contributed by atoms with van der Waals surface area (Å²) in [7, 11) is -0.203. The van der Waals surface area contributed by atoms with Gasteiger partial charge in [0.1, 0.15) is 5.69 Å². The maximum Gasteiger partial charge on any atom is 0.321 e. The average Bonchev–Trinajstić information content (AvgIpc) is 3.42. The van der Waals surface area contributed by atoms with Crippen LogP contribution in [-0.2, 0) is 33.5 Å². The molecule has 0 bridgehead atoms. The Morgan fingerprint density at radius 3 is 2.34 bits per heavy atom. The fourth-order valence-electron chi connectivity index (χ4n) is 4.20. The fourth-order valence-corrected chi connectivity index (χ4v) is 5.56. The molecule has 1 atom stereocenters. The van der Waals surface area contributed by atoms with Crippen LogP contribution in [0, 0.1) is 0 Å². The normalized spacial score (nSPS) is 12.6. The number of nitrogens with zero attached hydrogens (tertiary/aromatic N) is 3. The van der Waals surface area contributed by atoms with Crippen molar-refractivity contribution in [2.45, 2.75) is 37.8 Å². The number of carbonyl (C=O) groups is 2. The summed E-state index contributed by atoms with van der Waals surface area (Å²) in [5.41, 5.74) is 3.75. The van der Waals surface area contributed by atoms with Gasteiger partial charge in [0.05, 0.1) is 33.8 Å². The van der Waals surface area contributed by atoms with Crippen molar-refractivity contribution >= 4 is 44.2 Å². The van der Waals surface area contributed by atoms with Gasteiger partial charge in [0.2, 0.25) is 0 Å². The molecule has 0 aliphatic rings. The van der Waals surface area contributed by atoms with E-state index < -0.39 is 33.7 Å². The number of benzene rings is 2. The number of hydrogen-bond acceptors (Lipinski definition) is 6. The van der Waals surface area contributed by atoms with Crippen LogP contribution >= 0.6 is 11.6 Å². The summed E-state index contributed by atoms with van der Waals surface area (Å²) < 4.78 is 33.5. The fraction of sp³-hybridized carbons (Fsp3) is 0.296. The van der Waals surface area contributed by atoms with Crippen molar-refractivity contribution in [3.05, 3.63) is 71.1 Å². The van der Waals surface area contributed by atoms with Gasteiger partial charge in [0.25, 0.3) is 5.91 Å². The van der Waals surface area contributed by atoms with Gasteiger partial charge < -0.3 is 14.6 Å². The summed E-state index contributed by atoms with van der Waals surface area (Å²) in [6.07, 6.45) is 3.25. The molecule has 0 aliphatic heterocycles. The van der Waals surface area contributed by atoms with Gasteiger partial charge in [-0.1, -0.05) is 23.7 Å². The summed E-state index contributed by atoms with van der Waals surface area (Å²) >= 11 is 6.57. The topological polar surface area (TPSA) is 112 Å². The molecule has 4 aromatic rings. The standard InChI is InChI=1S/C27H29ClN4O5S/c1-16(2)37-26(33)15-38(35,36)21-8-6-18(7-9-21)17(3)30-27(34)25-12-22-23(28)10-19(11-24(22)32(25)5)20-13-29-31(4)14-20/h6-14,16-17H,15H2,1-5H3,(H,30,34)/t17-/m1/s1. The Balaban J connectivity index is 1.51. The zero-order chi connectivity index (χ0) is 27.8. The summed E-state index contributed by atoms with van der Waals surface area (Å²) in [5, 5.41) is 8.45. The van der Waals surface area contributed by atoms with Gasteiger partial charge in [-0.2, -0.15) is 5.10 Å². The number of ether oxygens (including phenoxy) is 1. The molecule has 200 valence electrons. The van der Waals surface area contributed by atoms with Crippen molar-refractivity contribution < 1.29 is 22.7 Å². The predicted molar refractivity (Wildman–Crippen MR) is 146 cm³/mol. The van der Waals surface area contributed by atoms with Gasteiger partial charge in [0, 0.05) is 31.2 Å². The molecule has 9 nitrogen and oxygen atoms in total. The molecule has 2 heterocycles. The van der Waals surface area contributed by atoms with Gasteiger partial charge in [-0.25, -0.2) is 8.42 Å². The minimum Gasteiger partial charge on any atom is -0.462 e. The van der Waals surface area contributed by atoms with E-state index in [1.807, 2.05) is 25.4 Å². The Labute approximate surface area is 226 Å². The Hall–Kier alpha value is -3.63. The summed E-state index contributed by atoms with van der Waals surface area (Å²) in [6, 6.07) is 11.2. The zero-order valence-electron chi connectivity index (χ0n) is 21.7. The lowest BCUT2D eigenvalue weighted by Crippen LogP contribution is -2.28. The van der Waals surface area contributed by atoms with Crippen LogP contribution in [0.3, 0.4) is 0 Å². The third-order valence-corrected chi connectivity index (χ3v) is 8.06. The Morgan fingerprint density at radius 2 is 1.74 bits per heavy atom. The van der Waals surface area contributed by atoms with E-state index in [0.717, 1.165) is 22.0 Å². The van der Waals surface area contributed by atoms with Crippen molar-refractivity contribution in [3.63, 3.8) is 0 Å². The molecule has 1 N–H and O–H groups in total. The van der Waals surface area contributed by atoms with E-state index in [-0.39, 0.29) is 10.8 Å². The van der Waals surface area contributed by atoms with Crippen LogP contribution in [0.4, 0.5) is 0 Å². The van der Waals surface area contributed by atoms with E-state index in [4.69, 9.17) is 16.3 Å². The van der Waals surface area contributed by atoms with E-state index in [0.29, 0.717) is 16.3 Å². The van der Waals surface area contributed by atoms with Crippen LogP contribution in [0.15, 0.2) is 59.8 Å². The van der Waals surface area contributed by atoms with E-state index in [2.05, 4.69) is 10.4 Å². The molecular formula is C27H29ClN4O5S.